The maximum atomic E-state index is 12.6. The van der Waals surface area contributed by atoms with Gasteiger partial charge in [-0.1, -0.05) is 0 Å². The number of benzene rings is 1. The molecular weight excluding hydrogens is 292 g/mol. The summed E-state index contributed by atoms with van der Waals surface area (Å²) in [6.07, 6.45) is 4.99. The molecule has 23 heavy (non-hydrogen) atoms. The summed E-state index contributed by atoms with van der Waals surface area (Å²) >= 11 is 0. The van der Waals surface area contributed by atoms with E-state index >= 15 is 0 Å². The summed E-state index contributed by atoms with van der Waals surface area (Å²) in [7, 11) is 1.77. The second-order valence-corrected chi connectivity index (χ2v) is 5.97. The van der Waals surface area contributed by atoms with Crippen LogP contribution in [-0.4, -0.2) is 37.7 Å². The first-order chi connectivity index (χ1) is 11.2. The summed E-state index contributed by atoms with van der Waals surface area (Å²) in [5, 5.41) is 16.6. The molecule has 0 saturated carbocycles. The summed E-state index contributed by atoms with van der Waals surface area (Å²) in [6, 6.07) is 5.57. The molecule has 2 aliphatic heterocycles. The highest BCUT2D eigenvalue weighted by molar-refractivity contribution is 6.01. The SMILES string of the molecule is CN/C(=C\C=N)Nc1ccc2c(c1)C(=O)CC1(CCNCC1)O2. The molecule has 0 bridgehead atoms. The van der Waals surface area contributed by atoms with Crippen molar-refractivity contribution in [3.8, 4) is 5.75 Å². The van der Waals surface area contributed by atoms with Gasteiger partial charge >= 0.3 is 0 Å². The summed E-state index contributed by atoms with van der Waals surface area (Å²) in [4.78, 5) is 12.6. The van der Waals surface area contributed by atoms with Crippen LogP contribution in [0.5, 0.6) is 5.75 Å². The molecule has 1 saturated heterocycles. The average molecular weight is 314 g/mol. The number of carbonyl (C=O) groups is 1. The first kappa shape index (κ1) is 15.6. The minimum atomic E-state index is -0.333. The molecule has 3 rings (SSSR count). The normalized spacial score (nSPS) is 19.7. The number of carbonyl (C=O) groups excluding carboxylic acids is 1. The fourth-order valence-electron chi connectivity index (χ4n) is 3.16. The van der Waals surface area contributed by atoms with Crippen molar-refractivity contribution in [3.63, 3.8) is 0 Å². The van der Waals surface area contributed by atoms with Gasteiger partial charge in [0.1, 0.15) is 17.2 Å². The lowest BCUT2D eigenvalue weighted by molar-refractivity contribution is 0.0188. The Bertz CT molecular complexity index is 648. The fraction of sp³-hybridized carbons (Fsp3) is 0.412. The highest BCUT2D eigenvalue weighted by Gasteiger charge is 2.41. The van der Waals surface area contributed by atoms with Crippen molar-refractivity contribution in [2.75, 3.05) is 25.5 Å². The predicted octanol–water partition coefficient (Wildman–Crippen LogP) is 1.90. The van der Waals surface area contributed by atoms with Crippen molar-refractivity contribution < 1.29 is 9.53 Å². The molecule has 6 heteroatoms. The molecule has 0 atom stereocenters. The van der Waals surface area contributed by atoms with Crippen LogP contribution in [0.15, 0.2) is 30.1 Å². The summed E-state index contributed by atoms with van der Waals surface area (Å²) in [5.74, 6) is 1.51. The Kier molecular flexibility index (Phi) is 4.34. The molecular formula is C17H22N4O2. The zero-order valence-electron chi connectivity index (χ0n) is 13.2. The molecule has 0 amide bonds. The standard InChI is InChI=1S/C17H22N4O2/c1-19-16(4-7-18)21-12-2-3-15-13(10-12)14(22)11-17(23-15)5-8-20-9-6-17/h2-4,7,10,18-21H,5-6,8-9,11H2,1H3/b16-4+,18-7?. The Morgan fingerprint density at radius 1 is 1.39 bits per heavy atom. The first-order valence-electron chi connectivity index (χ1n) is 7.88. The van der Waals surface area contributed by atoms with Crippen LogP contribution in [0.3, 0.4) is 0 Å². The van der Waals surface area contributed by atoms with E-state index in [1.54, 1.807) is 13.1 Å². The number of anilines is 1. The number of allylic oxidation sites excluding steroid dienone is 1. The van der Waals surface area contributed by atoms with Crippen LogP contribution in [0.1, 0.15) is 29.6 Å². The number of Topliss-reactive ketones (excluding diaryl/α,β-unsaturated/α-hetero) is 1. The minimum Gasteiger partial charge on any atom is -0.486 e. The predicted molar refractivity (Wildman–Crippen MR) is 90.4 cm³/mol. The van der Waals surface area contributed by atoms with Crippen LogP contribution in [0.2, 0.25) is 0 Å². The van der Waals surface area contributed by atoms with E-state index < -0.39 is 0 Å². The van der Waals surface area contributed by atoms with Crippen molar-refractivity contribution in [1.29, 1.82) is 5.41 Å². The van der Waals surface area contributed by atoms with Gasteiger partial charge in [-0.3, -0.25) is 4.79 Å². The van der Waals surface area contributed by atoms with E-state index in [2.05, 4.69) is 16.0 Å². The zero-order chi connectivity index (χ0) is 16.3. The number of ketones is 1. The Morgan fingerprint density at radius 2 is 2.17 bits per heavy atom. The van der Waals surface area contributed by atoms with Gasteiger partial charge in [-0.25, -0.2) is 0 Å². The average Bonchev–Trinajstić information content (AvgIpc) is 2.55. The molecule has 1 aromatic rings. The summed E-state index contributed by atoms with van der Waals surface area (Å²) in [5.41, 5.74) is 1.09. The number of piperidine rings is 1. The van der Waals surface area contributed by atoms with E-state index in [0.29, 0.717) is 23.6 Å². The van der Waals surface area contributed by atoms with Gasteiger partial charge in [-0.2, -0.15) is 0 Å². The molecule has 6 nitrogen and oxygen atoms in total. The van der Waals surface area contributed by atoms with Crippen LogP contribution in [0.25, 0.3) is 0 Å². The Labute approximate surface area is 135 Å². The molecule has 1 aromatic carbocycles. The Morgan fingerprint density at radius 3 is 2.87 bits per heavy atom. The molecule has 0 unspecified atom stereocenters. The van der Waals surface area contributed by atoms with Gasteiger partial charge in [-0.05, 0) is 37.4 Å². The fourth-order valence-corrected chi connectivity index (χ4v) is 3.16. The highest BCUT2D eigenvalue weighted by Crippen LogP contribution is 2.39. The second-order valence-electron chi connectivity index (χ2n) is 5.97. The third kappa shape index (κ3) is 3.22. The summed E-state index contributed by atoms with van der Waals surface area (Å²) < 4.78 is 6.21. The smallest absolute Gasteiger partial charge is 0.170 e. The van der Waals surface area contributed by atoms with Crippen LogP contribution in [0, 0.1) is 5.41 Å². The maximum Gasteiger partial charge on any atom is 0.170 e. The third-order valence-electron chi connectivity index (χ3n) is 4.40. The van der Waals surface area contributed by atoms with Crippen LogP contribution >= 0.6 is 0 Å². The number of hydrogen-bond donors (Lipinski definition) is 4. The van der Waals surface area contributed by atoms with Gasteiger partial charge in [0, 0.05) is 31.8 Å². The highest BCUT2D eigenvalue weighted by atomic mass is 16.5. The summed E-state index contributed by atoms with van der Waals surface area (Å²) in [6.45, 7) is 1.78. The molecule has 0 radical (unpaired) electrons. The first-order valence-corrected chi connectivity index (χ1v) is 7.88. The molecule has 4 N–H and O–H groups in total. The lowest BCUT2D eigenvalue weighted by Gasteiger charge is -2.41. The minimum absolute atomic E-state index is 0.138. The quantitative estimate of drug-likeness (QED) is 0.638. The second kappa shape index (κ2) is 6.42. The topological polar surface area (TPSA) is 86.2 Å². The number of hydrogen-bond acceptors (Lipinski definition) is 6. The lowest BCUT2D eigenvalue weighted by Crippen LogP contribution is -2.49. The Hall–Kier alpha value is -2.34. The molecule has 1 fully saturated rings. The van der Waals surface area contributed by atoms with Gasteiger partial charge in [0.15, 0.2) is 5.78 Å². The number of rotatable bonds is 4. The molecule has 0 aliphatic carbocycles. The monoisotopic (exact) mass is 314 g/mol. The van der Waals surface area contributed by atoms with E-state index in [-0.39, 0.29) is 11.4 Å². The van der Waals surface area contributed by atoms with Gasteiger partial charge in [0.05, 0.1) is 12.0 Å². The van der Waals surface area contributed by atoms with E-state index in [1.165, 1.54) is 6.21 Å². The van der Waals surface area contributed by atoms with E-state index in [1.807, 2.05) is 18.2 Å². The Balaban J connectivity index is 1.84. The van der Waals surface area contributed by atoms with Crippen molar-refractivity contribution in [2.24, 2.45) is 0 Å². The van der Waals surface area contributed by atoms with Crippen molar-refractivity contribution in [3.05, 3.63) is 35.7 Å². The molecule has 0 aromatic heterocycles. The van der Waals surface area contributed by atoms with Crippen LogP contribution in [-0.2, 0) is 0 Å². The van der Waals surface area contributed by atoms with Gasteiger partial charge in [0.25, 0.3) is 0 Å². The molecule has 2 aliphatic rings. The van der Waals surface area contributed by atoms with Crippen LogP contribution < -0.4 is 20.7 Å². The molecule has 122 valence electrons. The van der Waals surface area contributed by atoms with E-state index in [4.69, 9.17) is 10.1 Å². The van der Waals surface area contributed by atoms with Gasteiger partial charge < -0.3 is 26.1 Å². The molecule has 2 heterocycles. The largest absolute Gasteiger partial charge is 0.486 e. The van der Waals surface area contributed by atoms with Crippen molar-refractivity contribution in [2.45, 2.75) is 24.9 Å². The maximum absolute atomic E-state index is 12.6. The van der Waals surface area contributed by atoms with Crippen LogP contribution in [0.4, 0.5) is 5.69 Å². The molecule has 1 spiro atoms. The van der Waals surface area contributed by atoms with Crippen molar-refractivity contribution >= 4 is 17.7 Å². The van der Waals surface area contributed by atoms with Crippen molar-refractivity contribution in [1.82, 2.24) is 10.6 Å². The zero-order valence-corrected chi connectivity index (χ0v) is 13.2. The number of ether oxygens (including phenoxy) is 1. The van der Waals surface area contributed by atoms with E-state index in [0.717, 1.165) is 31.6 Å². The third-order valence-corrected chi connectivity index (χ3v) is 4.40. The lowest BCUT2D eigenvalue weighted by atomic mass is 9.83. The van der Waals surface area contributed by atoms with E-state index in [9.17, 15) is 4.79 Å². The van der Waals surface area contributed by atoms with Gasteiger partial charge in [0.2, 0.25) is 0 Å². The number of nitrogens with one attached hydrogen (secondary N) is 4. The number of fused-ring (bicyclic) bond motifs is 1. The van der Waals surface area contributed by atoms with Gasteiger partial charge in [-0.15, -0.1) is 0 Å².